The van der Waals surface area contributed by atoms with Crippen LogP contribution in [0, 0.1) is 10.1 Å². The SMILES string of the molecule is O=[N+]([O-])c1oc2ccc3c(-c4ccccc4)cc4ccc5ccccc5c4c3c2c1P(=O)(c1ccccc1)c1ccccc1. The van der Waals surface area contributed by atoms with Crippen LogP contribution < -0.4 is 15.9 Å². The van der Waals surface area contributed by atoms with Crippen molar-refractivity contribution >= 4 is 72.2 Å². The summed E-state index contributed by atoms with van der Waals surface area (Å²) in [6.07, 6.45) is 0. The van der Waals surface area contributed by atoms with E-state index in [-0.39, 0.29) is 5.30 Å². The number of fused-ring (bicyclic) bond motifs is 7. The van der Waals surface area contributed by atoms with Crippen molar-refractivity contribution in [1.82, 2.24) is 0 Å². The second kappa shape index (κ2) is 10.0. The maximum Gasteiger partial charge on any atom is 0.445 e. The van der Waals surface area contributed by atoms with Crippen molar-refractivity contribution in [1.29, 1.82) is 0 Å². The summed E-state index contributed by atoms with van der Waals surface area (Å²) in [5.41, 5.74) is 2.32. The smallest absolute Gasteiger partial charge is 0.400 e. The van der Waals surface area contributed by atoms with E-state index < -0.39 is 17.9 Å². The third-order valence-corrected chi connectivity index (χ3v) is 11.5. The number of hydrogen-bond donors (Lipinski definition) is 0. The van der Waals surface area contributed by atoms with E-state index in [0.29, 0.717) is 21.6 Å². The van der Waals surface area contributed by atoms with Crippen molar-refractivity contribution in [3.8, 4) is 11.1 Å². The highest BCUT2D eigenvalue weighted by Gasteiger charge is 2.42. The van der Waals surface area contributed by atoms with Crippen LogP contribution in [0.1, 0.15) is 0 Å². The van der Waals surface area contributed by atoms with E-state index in [2.05, 4.69) is 42.5 Å². The summed E-state index contributed by atoms with van der Waals surface area (Å²) in [7, 11) is -3.83. The van der Waals surface area contributed by atoms with Gasteiger partial charge in [0.1, 0.15) is 15.8 Å². The second-order valence-electron chi connectivity index (χ2n) is 10.8. The van der Waals surface area contributed by atoms with Crippen molar-refractivity contribution in [3.05, 3.63) is 156 Å². The largest absolute Gasteiger partial charge is 0.445 e. The molecule has 0 atom stereocenters. The molecule has 0 unspecified atom stereocenters. The van der Waals surface area contributed by atoms with Crippen molar-refractivity contribution in [2.45, 2.75) is 0 Å². The number of benzene rings is 7. The van der Waals surface area contributed by atoms with Gasteiger partial charge >= 0.3 is 5.88 Å². The topological polar surface area (TPSA) is 73.3 Å². The number of nitro groups is 1. The van der Waals surface area contributed by atoms with E-state index >= 15 is 4.57 Å². The molecule has 6 heteroatoms. The number of rotatable bonds is 5. The number of nitrogens with zero attached hydrogens (tertiary/aromatic N) is 1. The molecule has 0 spiro atoms. The van der Waals surface area contributed by atoms with Gasteiger partial charge in [-0.25, -0.2) is 0 Å². The standard InChI is InChI=1S/C38H24NO4P/c40-39(41)38-37(44(42,28-15-6-2-7-16-28)29-17-8-3-9-18-29)36-33(43-38)23-22-31-32(25-12-4-1-5-13-25)24-27-21-20-26-14-10-11-19-30(26)34(27)35(31)36/h1-24H. The van der Waals surface area contributed by atoms with Crippen LogP contribution >= 0.6 is 7.14 Å². The maximum absolute atomic E-state index is 15.9. The highest BCUT2D eigenvalue weighted by atomic mass is 31.2. The fraction of sp³-hybridized carbons (Fsp3) is 0. The van der Waals surface area contributed by atoms with Crippen LogP contribution in [0.3, 0.4) is 0 Å². The Hall–Kier alpha value is -5.51. The lowest BCUT2D eigenvalue weighted by atomic mass is 9.89. The van der Waals surface area contributed by atoms with E-state index in [1.807, 2.05) is 72.8 Å². The Morgan fingerprint density at radius 3 is 1.82 bits per heavy atom. The van der Waals surface area contributed by atoms with Gasteiger partial charge in [0.2, 0.25) is 0 Å². The van der Waals surface area contributed by atoms with Gasteiger partial charge in [0.25, 0.3) is 0 Å². The van der Waals surface area contributed by atoms with Crippen LogP contribution in [-0.2, 0) is 4.57 Å². The molecule has 0 bridgehead atoms. The summed E-state index contributed by atoms with van der Waals surface area (Å²) >= 11 is 0. The molecular weight excluding hydrogens is 565 g/mol. The zero-order valence-corrected chi connectivity index (χ0v) is 24.3. The lowest BCUT2D eigenvalue weighted by Crippen LogP contribution is -2.26. The van der Waals surface area contributed by atoms with Gasteiger partial charge in [-0.05, 0) is 56.3 Å². The molecule has 0 aliphatic rings. The first-order valence-electron chi connectivity index (χ1n) is 14.3. The van der Waals surface area contributed by atoms with Crippen molar-refractivity contribution in [2.24, 2.45) is 0 Å². The zero-order valence-electron chi connectivity index (χ0n) is 23.4. The zero-order chi connectivity index (χ0) is 29.8. The number of furan rings is 1. The molecule has 0 aliphatic heterocycles. The summed E-state index contributed by atoms with van der Waals surface area (Å²) in [5, 5.41) is 20.1. The van der Waals surface area contributed by atoms with E-state index in [4.69, 9.17) is 4.42 Å². The molecule has 7 aromatic carbocycles. The molecule has 0 N–H and O–H groups in total. The first-order chi connectivity index (χ1) is 21.6. The Kier molecular flexibility index (Phi) is 5.97. The average Bonchev–Trinajstić information content (AvgIpc) is 3.49. The average molecular weight is 590 g/mol. The van der Waals surface area contributed by atoms with E-state index in [0.717, 1.165) is 43.4 Å². The van der Waals surface area contributed by atoms with Crippen LogP contribution in [0.25, 0.3) is 54.4 Å². The van der Waals surface area contributed by atoms with Crippen LogP contribution in [0.2, 0.25) is 0 Å². The van der Waals surface area contributed by atoms with E-state index in [9.17, 15) is 10.1 Å². The summed E-state index contributed by atoms with van der Waals surface area (Å²) in [5.74, 6) is -0.498. The van der Waals surface area contributed by atoms with E-state index in [1.165, 1.54) is 0 Å². The molecule has 0 aliphatic carbocycles. The van der Waals surface area contributed by atoms with Gasteiger partial charge in [-0.15, -0.1) is 0 Å². The lowest BCUT2D eigenvalue weighted by Gasteiger charge is -2.19. The summed E-state index contributed by atoms with van der Waals surface area (Å²) in [4.78, 5) is 12.3. The van der Waals surface area contributed by atoms with Crippen LogP contribution in [0.5, 0.6) is 0 Å². The molecule has 5 nitrogen and oxygen atoms in total. The van der Waals surface area contributed by atoms with Crippen molar-refractivity contribution in [3.63, 3.8) is 0 Å². The Labute approximate surface area is 252 Å². The third-order valence-electron chi connectivity index (χ3n) is 8.42. The van der Waals surface area contributed by atoms with Crippen molar-refractivity contribution in [2.75, 3.05) is 0 Å². The Morgan fingerprint density at radius 2 is 1.16 bits per heavy atom. The molecule has 0 saturated carbocycles. The molecule has 0 amide bonds. The molecule has 44 heavy (non-hydrogen) atoms. The van der Waals surface area contributed by atoms with Gasteiger partial charge in [-0.1, -0.05) is 127 Å². The summed E-state index contributed by atoms with van der Waals surface area (Å²) in [6.45, 7) is 0. The van der Waals surface area contributed by atoms with Gasteiger partial charge in [0.05, 0.1) is 0 Å². The molecule has 8 rings (SSSR count). The molecule has 1 heterocycles. The van der Waals surface area contributed by atoms with Gasteiger partial charge in [-0.3, -0.25) is 10.1 Å². The summed E-state index contributed by atoms with van der Waals surface area (Å²) < 4.78 is 21.9. The predicted octanol–water partition coefficient (Wildman–Crippen LogP) is 9.11. The van der Waals surface area contributed by atoms with Gasteiger partial charge < -0.3 is 8.98 Å². The molecular formula is C38H24NO4P. The van der Waals surface area contributed by atoms with Crippen LogP contribution in [0.15, 0.2) is 150 Å². The maximum atomic E-state index is 15.9. The molecule has 8 aromatic rings. The highest BCUT2D eigenvalue weighted by molar-refractivity contribution is 7.86. The Balaban J connectivity index is 1.67. The summed E-state index contributed by atoms with van der Waals surface area (Å²) in [6, 6.07) is 46.4. The Bertz CT molecular complexity index is 2390. The fourth-order valence-electron chi connectivity index (χ4n) is 6.52. The molecule has 0 fully saturated rings. The fourth-order valence-corrected chi connectivity index (χ4v) is 9.46. The monoisotopic (exact) mass is 589 g/mol. The molecule has 0 saturated heterocycles. The Morgan fingerprint density at radius 1 is 0.568 bits per heavy atom. The minimum atomic E-state index is -3.83. The van der Waals surface area contributed by atoms with Gasteiger partial charge in [-0.2, -0.15) is 0 Å². The third kappa shape index (κ3) is 3.83. The molecule has 1 aromatic heterocycles. The normalized spacial score (nSPS) is 11.9. The minimum absolute atomic E-state index is 0.111. The first kappa shape index (κ1) is 26.1. The highest BCUT2D eigenvalue weighted by Crippen LogP contribution is 2.51. The van der Waals surface area contributed by atoms with Gasteiger partial charge in [0, 0.05) is 21.4 Å². The lowest BCUT2D eigenvalue weighted by molar-refractivity contribution is -0.400. The second-order valence-corrected chi connectivity index (χ2v) is 13.5. The van der Waals surface area contributed by atoms with Crippen LogP contribution in [-0.4, -0.2) is 4.92 Å². The quantitative estimate of drug-likeness (QED) is 0.0869. The molecule has 210 valence electrons. The molecule has 0 radical (unpaired) electrons. The van der Waals surface area contributed by atoms with Crippen molar-refractivity contribution < 1.29 is 13.9 Å². The predicted molar refractivity (Wildman–Crippen MR) is 180 cm³/mol. The first-order valence-corrected chi connectivity index (χ1v) is 16.0. The van der Waals surface area contributed by atoms with Crippen LogP contribution in [0.4, 0.5) is 5.88 Å². The van der Waals surface area contributed by atoms with E-state index in [1.54, 1.807) is 30.3 Å². The minimum Gasteiger partial charge on any atom is -0.400 e. The van der Waals surface area contributed by atoms with Gasteiger partial charge in [0.15, 0.2) is 7.14 Å². The number of hydrogen-bond acceptors (Lipinski definition) is 4.